The Labute approximate surface area is 101 Å². The molecule has 0 aliphatic heterocycles. The van der Waals surface area contributed by atoms with Gasteiger partial charge in [0.1, 0.15) is 5.75 Å². The number of hydrogen-bond acceptors (Lipinski definition) is 2. The van der Waals surface area contributed by atoms with Crippen LogP contribution in [0, 0.1) is 0 Å². The number of aromatic nitrogens is 1. The van der Waals surface area contributed by atoms with Gasteiger partial charge in [0.15, 0.2) is 0 Å². The van der Waals surface area contributed by atoms with Gasteiger partial charge in [0.25, 0.3) is 0 Å². The van der Waals surface area contributed by atoms with Crippen LogP contribution in [0.3, 0.4) is 0 Å². The van der Waals surface area contributed by atoms with Crippen molar-refractivity contribution in [2.75, 3.05) is 0 Å². The molecule has 0 N–H and O–H groups in total. The largest absolute Gasteiger partial charge is 0.428 e. The van der Waals surface area contributed by atoms with E-state index in [-0.39, 0.29) is 5.75 Å². The fourth-order valence-electron chi connectivity index (χ4n) is 1.39. The number of benzene rings is 1. The van der Waals surface area contributed by atoms with Crippen molar-refractivity contribution in [2.45, 2.75) is 0 Å². The van der Waals surface area contributed by atoms with E-state index in [4.69, 9.17) is 0 Å². The van der Waals surface area contributed by atoms with Crippen molar-refractivity contribution in [3.63, 3.8) is 0 Å². The lowest BCUT2D eigenvalue weighted by Crippen LogP contribution is -1.90. The van der Waals surface area contributed by atoms with Crippen molar-refractivity contribution in [3.05, 3.63) is 60.9 Å². The summed E-state index contributed by atoms with van der Waals surface area (Å²) in [5.74, 6) is 0.00735. The van der Waals surface area contributed by atoms with E-state index in [1.807, 2.05) is 6.07 Å². The van der Waals surface area contributed by atoms with Crippen molar-refractivity contribution in [1.82, 2.24) is 4.98 Å². The van der Waals surface area contributed by atoms with Gasteiger partial charge in [0.05, 0.1) is 0 Å². The van der Waals surface area contributed by atoms with Gasteiger partial charge in [-0.05, 0) is 29.3 Å². The van der Waals surface area contributed by atoms with Crippen LogP contribution in [0.4, 0.5) is 13.2 Å². The van der Waals surface area contributed by atoms with Gasteiger partial charge in [0, 0.05) is 12.4 Å². The highest BCUT2D eigenvalue weighted by molar-refractivity contribution is 5.62. The van der Waals surface area contributed by atoms with E-state index in [9.17, 15) is 13.2 Å². The Bertz CT molecular complexity index is 548. The fraction of sp³-hybridized carbons (Fsp3) is 0. The number of hydrogen-bond donors (Lipinski definition) is 0. The molecule has 2 nitrogen and oxygen atoms in total. The number of nitrogens with zero attached hydrogens (tertiary/aromatic N) is 1. The molecule has 5 heteroatoms. The van der Waals surface area contributed by atoms with E-state index in [2.05, 4.69) is 9.72 Å². The molecule has 1 heterocycles. The third-order valence-electron chi connectivity index (χ3n) is 2.21. The summed E-state index contributed by atoms with van der Waals surface area (Å²) in [6.07, 6.45) is 0.828. The maximum Gasteiger partial charge on any atom is 0.344 e. The molecule has 0 unspecified atom stereocenters. The molecule has 0 saturated heterocycles. The molecule has 92 valence electrons. The molecule has 2 aromatic rings. The van der Waals surface area contributed by atoms with Gasteiger partial charge in [-0.2, -0.15) is 13.2 Å². The van der Waals surface area contributed by atoms with Crippen LogP contribution in [-0.4, -0.2) is 4.98 Å². The second kappa shape index (κ2) is 5.35. The molecular weight excluding hydrogens is 243 g/mol. The van der Waals surface area contributed by atoms with Gasteiger partial charge in [-0.1, -0.05) is 18.2 Å². The zero-order valence-electron chi connectivity index (χ0n) is 9.11. The molecule has 0 radical (unpaired) electrons. The molecular formula is C13H8F3NO. The van der Waals surface area contributed by atoms with Gasteiger partial charge in [-0.25, -0.2) is 0 Å². The van der Waals surface area contributed by atoms with E-state index in [0.717, 1.165) is 11.1 Å². The Hall–Kier alpha value is -2.30. The van der Waals surface area contributed by atoms with Crippen molar-refractivity contribution in [2.24, 2.45) is 0 Å². The third-order valence-corrected chi connectivity index (χ3v) is 2.21. The minimum atomic E-state index is -2.48. The maximum absolute atomic E-state index is 12.5. The lowest BCUT2D eigenvalue weighted by Gasteiger charge is -2.04. The topological polar surface area (TPSA) is 22.1 Å². The summed E-state index contributed by atoms with van der Waals surface area (Å²) < 4.78 is 40.5. The monoisotopic (exact) mass is 251 g/mol. The fourth-order valence-corrected chi connectivity index (χ4v) is 1.39. The predicted octanol–water partition coefficient (Wildman–Crippen LogP) is 4.16. The summed E-state index contributed by atoms with van der Waals surface area (Å²) in [5, 5.41) is 0. The maximum atomic E-state index is 12.5. The Morgan fingerprint density at radius 1 is 0.944 bits per heavy atom. The molecule has 0 saturated carbocycles. The standard InChI is InChI=1S/C13H8F3NO/c14-12(15)13(16)18-11-5-3-9(4-6-11)10-2-1-7-17-8-10/h1-8H. The van der Waals surface area contributed by atoms with Crippen LogP contribution in [0.1, 0.15) is 0 Å². The Morgan fingerprint density at radius 3 is 2.22 bits per heavy atom. The first-order valence-corrected chi connectivity index (χ1v) is 5.06. The summed E-state index contributed by atoms with van der Waals surface area (Å²) in [4.78, 5) is 3.96. The first-order chi connectivity index (χ1) is 8.66. The van der Waals surface area contributed by atoms with E-state index in [1.165, 1.54) is 12.1 Å². The normalized spacial score (nSPS) is 9.94. The van der Waals surface area contributed by atoms with E-state index in [1.54, 1.807) is 30.6 Å². The van der Waals surface area contributed by atoms with Crippen LogP contribution < -0.4 is 4.74 Å². The number of pyridine rings is 1. The first-order valence-electron chi connectivity index (χ1n) is 5.06. The molecule has 0 aliphatic carbocycles. The zero-order valence-corrected chi connectivity index (χ0v) is 9.11. The van der Waals surface area contributed by atoms with Crippen LogP contribution in [-0.2, 0) is 0 Å². The summed E-state index contributed by atoms with van der Waals surface area (Å²) in [5.41, 5.74) is 1.71. The molecule has 0 spiro atoms. The smallest absolute Gasteiger partial charge is 0.344 e. The van der Waals surface area contributed by atoms with E-state index in [0.29, 0.717) is 0 Å². The minimum absolute atomic E-state index is 0.00735. The summed E-state index contributed by atoms with van der Waals surface area (Å²) in [6.45, 7) is 0. The van der Waals surface area contributed by atoms with Crippen LogP contribution >= 0.6 is 0 Å². The highest BCUT2D eigenvalue weighted by atomic mass is 19.3. The van der Waals surface area contributed by atoms with Crippen LogP contribution in [0.5, 0.6) is 5.75 Å². The Kier molecular flexibility index (Phi) is 3.62. The van der Waals surface area contributed by atoms with Crippen molar-refractivity contribution >= 4 is 0 Å². The average Bonchev–Trinajstić information content (AvgIpc) is 2.40. The highest BCUT2D eigenvalue weighted by Gasteiger charge is 2.07. The second-order valence-corrected chi connectivity index (χ2v) is 3.40. The van der Waals surface area contributed by atoms with Gasteiger partial charge >= 0.3 is 12.1 Å². The van der Waals surface area contributed by atoms with Crippen molar-refractivity contribution < 1.29 is 17.9 Å². The van der Waals surface area contributed by atoms with Crippen molar-refractivity contribution in [3.8, 4) is 16.9 Å². The van der Waals surface area contributed by atoms with Gasteiger partial charge in [-0.3, -0.25) is 4.98 Å². The minimum Gasteiger partial charge on any atom is -0.428 e. The van der Waals surface area contributed by atoms with Gasteiger partial charge in [-0.15, -0.1) is 0 Å². The van der Waals surface area contributed by atoms with E-state index >= 15 is 0 Å². The number of ether oxygens (including phenoxy) is 1. The van der Waals surface area contributed by atoms with Crippen LogP contribution in [0.2, 0.25) is 0 Å². The van der Waals surface area contributed by atoms with Gasteiger partial charge < -0.3 is 4.74 Å². The van der Waals surface area contributed by atoms with Crippen LogP contribution in [0.15, 0.2) is 60.9 Å². The lowest BCUT2D eigenvalue weighted by molar-refractivity contribution is 0.241. The molecule has 0 aliphatic rings. The van der Waals surface area contributed by atoms with Crippen LogP contribution in [0.25, 0.3) is 11.1 Å². The zero-order chi connectivity index (χ0) is 13.0. The number of halogens is 3. The molecule has 18 heavy (non-hydrogen) atoms. The van der Waals surface area contributed by atoms with Gasteiger partial charge in [0.2, 0.25) is 0 Å². The molecule has 0 fully saturated rings. The quantitative estimate of drug-likeness (QED) is 0.764. The summed E-state index contributed by atoms with van der Waals surface area (Å²) in [7, 11) is 0. The van der Waals surface area contributed by atoms with Crippen molar-refractivity contribution in [1.29, 1.82) is 0 Å². The second-order valence-electron chi connectivity index (χ2n) is 3.40. The Morgan fingerprint density at radius 2 is 1.67 bits per heavy atom. The molecule has 0 atom stereocenters. The number of rotatable bonds is 3. The summed E-state index contributed by atoms with van der Waals surface area (Å²) in [6, 6.07) is 7.83. The lowest BCUT2D eigenvalue weighted by atomic mass is 10.1. The molecule has 0 bridgehead atoms. The summed E-state index contributed by atoms with van der Waals surface area (Å²) >= 11 is 0. The molecule has 0 amide bonds. The Balaban J connectivity index is 2.19. The molecule has 2 rings (SSSR count). The SMILES string of the molecule is FC(F)=C(F)Oc1ccc(-c2cccnc2)cc1. The van der Waals surface area contributed by atoms with E-state index < -0.39 is 12.1 Å². The first kappa shape index (κ1) is 12.2. The highest BCUT2D eigenvalue weighted by Crippen LogP contribution is 2.23. The average molecular weight is 251 g/mol. The molecule has 1 aromatic heterocycles. The predicted molar refractivity (Wildman–Crippen MR) is 60.7 cm³/mol. The molecule has 1 aromatic carbocycles. The third kappa shape index (κ3) is 2.88.